The summed E-state index contributed by atoms with van der Waals surface area (Å²) in [6.07, 6.45) is 8.90. The third-order valence-corrected chi connectivity index (χ3v) is 5.18. The molecule has 0 saturated carbocycles. The number of thiocarbonyl (C=S) groups is 1. The van der Waals surface area contributed by atoms with Crippen LogP contribution < -0.4 is 9.64 Å². The number of carbonyl (C=O) groups excluding carboxylic acids is 2. The van der Waals surface area contributed by atoms with Crippen LogP contribution in [0.2, 0.25) is 0 Å². The highest BCUT2D eigenvalue weighted by Crippen LogP contribution is 2.38. The van der Waals surface area contributed by atoms with Crippen LogP contribution in [-0.2, 0) is 9.59 Å². The molecule has 2 amide bonds. The largest absolute Gasteiger partial charge is 0.439 e. The van der Waals surface area contributed by atoms with E-state index >= 15 is 0 Å². The number of rotatable bonds is 5. The Bertz CT molecular complexity index is 878. The Hall–Kier alpha value is -2.93. The average molecular weight is 398 g/mol. The number of amides is 2. The quantitative estimate of drug-likeness (QED) is 0.434. The first-order valence-electron chi connectivity index (χ1n) is 9.18. The fourth-order valence-corrected chi connectivity index (χ4v) is 3.17. The molecule has 3 rings (SSSR count). The molecule has 0 aromatic heterocycles. The van der Waals surface area contributed by atoms with Crippen LogP contribution in [0.15, 0.2) is 60.0 Å². The molecule has 146 valence electrons. The van der Waals surface area contributed by atoms with Crippen LogP contribution in [-0.4, -0.2) is 47.4 Å². The fourth-order valence-electron chi connectivity index (χ4n) is 3.01. The molecule has 1 aromatic rings. The van der Waals surface area contributed by atoms with Crippen molar-refractivity contribution in [1.29, 1.82) is 0 Å². The first-order chi connectivity index (χ1) is 13.5. The summed E-state index contributed by atoms with van der Waals surface area (Å²) in [5.74, 6) is 0.742. The summed E-state index contributed by atoms with van der Waals surface area (Å²) in [6.45, 7) is 3.01. The van der Waals surface area contributed by atoms with E-state index in [9.17, 15) is 9.59 Å². The lowest BCUT2D eigenvalue weighted by Crippen LogP contribution is -2.52. The van der Waals surface area contributed by atoms with E-state index in [0.717, 1.165) is 36.7 Å². The van der Waals surface area contributed by atoms with Crippen molar-refractivity contribution in [2.24, 2.45) is 0 Å². The van der Waals surface area contributed by atoms with Gasteiger partial charge in [0.15, 0.2) is 10.9 Å². The number of nitrogens with zero attached hydrogens (tertiary/aromatic N) is 3. The first-order valence-corrected chi connectivity index (χ1v) is 9.59. The van der Waals surface area contributed by atoms with Crippen LogP contribution in [0.3, 0.4) is 0 Å². The second-order valence-electron chi connectivity index (χ2n) is 6.56. The van der Waals surface area contributed by atoms with E-state index < -0.39 is 11.8 Å². The summed E-state index contributed by atoms with van der Waals surface area (Å²) in [6, 6.07) is 7.90. The number of ether oxygens (including phenoxy) is 1. The standard InChI is InChI=1S/C21H23N3O3S/c1-4-5-14-24-16-11-7-8-12-17(16)27-18(24)13-9-6-10-15-19(25)22(2)21(28)23(3)20(15)26/h6-13H,4-5,14H2,1-3H3/b9-6+,18-13-. The summed E-state index contributed by atoms with van der Waals surface area (Å²) in [4.78, 5) is 29.3. The van der Waals surface area contributed by atoms with Crippen molar-refractivity contribution < 1.29 is 14.3 Å². The van der Waals surface area contributed by atoms with Crippen molar-refractivity contribution in [3.05, 3.63) is 60.0 Å². The SMILES string of the molecule is CCCCN1/C(=C/C=C/C=C2C(=O)N(C)C(=S)N(C)C2=O)Oc2ccccc21. The van der Waals surface area contributed by atoms with Gasteiger partial charge in [-0.05, 0) is 42.9 Å². The summed E-state index contributed by atoms with van der Waals surface area (Å²) in [7, 11) is 3.12. The van der Waals surface area contributed by atoms with Gasteiger partial charge in [0.05, 0.1) is 5.69 Å². The minimum atomic E-state index is -0.403. The van der Waals surface area contributed by atoms with Crippen molar-refractivity contribution in [3.8, 4) is 5.75 Å². The van der Waals surface area contributed by atoms with Crippen LogP contribution in [0.4, 0.5) is 5.69 Å². The molecule has 1 fully saturated rings. The summed E-state index contributed by atoms with van der Waals surface area (Å²) < 4.78 is 5.95. The molecule has 0 spiro atoms. The van der Waals surface area contributed by atoms with Crippen molar-refractivity contribution in [3.63, 3.8) is 0 Å². The van der Waals surface area contributed by atoms with Crippen molar-refractivity contribution in [1.82, 2.24) is 9.80 Å². The zero-order chi connectivity index (χ0) is 20.3. The maximum Gasteiger partial charge on any atom is 0.265 e. The molecule has 7 heteroatoms. The second kappa shape index (κ2) is 8.39. The summed E-state index contributed by atoms with van der Waals surface area (Å²) >= 11 is 5.08. The van der Waals surface area contributed by atoms with Crippen LogP contribution >= 0.6 is 12.2 Å². The van der Waals surface area contributed by atoms with Gasteiger partial charge in [-0.1, -0.05) is 37.6 Å². The van der Waals surface area contributed by atoms with Gasteiger partial charge in [-0.2, -0.15) is 0 Å². The Kier molecular flexibility index (Phi) is 5.94. The van der Waals surface area contributed by atoms with E-state index in [4.69, 9.17) is 17.0 Å². The third-order valence-electron chi connectivity index (χ3n) is 4.63. The molecule has 6 nitrogen and oxygen atoms in total. The molecule has 0 unspecified atom stereocenters. The smallest absolute Gasteiger partial charge is 0.265 e. The third kappa shape index (κ3) is 3.71. The minimum Gasteiger partial charge on any atom is -0.439 e. The number of para-hydroxylation sites is 2. The maximum absolute atomic E-state index is 12.3. The second-order valence-corrected chi connectivity index (χ2v) is 6.92. The molecule has 28 heavy (non-hydrogen) atoms. The Morgan fingerprint density at radius 3 is 2.36 bits per heavy atom. The van der Waals surface area contributed by atoms with E-state index in [-0.39, 0.29) is 10.7 Å². The van der Waals surface area contributed by atoms with Gasteiger partial charge in [0.2, 0.25) is 5.88 Å². The van der Waals surface area contributed by atoms with Gasteiger partial charge in [0.25, 0.3) is 11.8 Å². The predicted molar refractivity (Wildman–Crippen MR) is 113 cm³/mol. The predicted octanol–water partition coefficient (Wildman–Crippen LogP) is 3.22. The maximum atomic E-state index is 12.3. The van der Waals surface area contributed by atoms with Gasteiger partial charge in [-0.3, -0.25) is 19.4 Å². The van der Waals surface area contributed by atoms with Gasteiger partial charge >= 0.3 is 0 Å². The molecule has 0 bridgehead atoms. The van der Waals surface area contributed by atoms with Crippen LogP contribution in [0, 0.1) is 0 Å². The number of unbranched alkanes of at least 4 members (excludes halogenated alkanes) is 1. The van der Waals surface area contributed by atoms with Gasteiger partial charge < -0.3 is 9.64 Å². The monoisotopic (exact) mass is 397 g/mol. The molecule has 0 atom stereocenters. The van der Waals surface area contributed by atoms with E-state index in [0.29, 0.717) is 0 Å². The van der Waals surface area contributed by atoms with E-state index in [1.54, 1.807) is 26.2 Å². The first kappa shape index (κ1) is 19.8. The van der Waals surface area contributed by atoms with Crippen molar-refractivity contribution in [2.75, 3.05) is 25.5 Å². The van der Waals surface area contributed by atoms with Crippen molar-refractivity contribution >= 4 is 34.8 Å². The topological polar surface area (TPSA) is 53.1 Å². The fraction of sp³-hybridized carbons (Fsp3) is 0.286. The van der Waals surface area contributed by atoms with Gasteiger partial charge in [0.1, 0.15) is 5.57 Å². The van der Waals surface area contributed by atoms with Gasteiger partial charge in [-0.15, -0.1) is 0 Å². The molecule has 0 N–H and O–H groups in total. The Morgan fingerprint density at radius 1 is 1.04 bits per heavy atom. The molecular weight excluding hydrogens is 374 g/mol. The van der Waals surface area contributed by atoms with Crippen molar-refractivity contribution in [2.45, 2.75) is 19.8 Å². The number of benzene rings is 1. The molecule has 2 heterocycles. The highest BCUT2D eigenvalue weighted by Gasteiger charge is 2.34. The highest BCUT2D eigenvalue weighted by atomic mass is 32.1. The van der Waals surface area contributed by atoms with Crippen LogP contribution in [0.25, 0.3) is 0 Å². The lowest BCUT2D eigenvalue weighted by Gasteiger charge is -2.31. The number of carbonyl (C=O) groups is 2. The van der Waals surface area contributed by atoms with E-state index in [1.807, 2.05) is 30.3 Å². The molecule has 1 aromatic carbocycles. The zero-order valence-corrected chi connectivity index (χ0v) is 17.0. The molecule has 1 saturated heterocycles. The lowest BCUT2D eigenvalue weighted by atomic mass is 10.1. The number of allylic oxidation sites excluding steroid dienone is 4. The molecule has 2 aliphatic rings. The normalized spacial score (nSPS) is 18.4. The van der Waals surface area contributed by atoms with E-state index in [1.165, 1.54) is 15.9 Å². The number of likely N-dealkylation sites (N-methyl/N-ethyl adjacent to an activating group) is 2. The Morgan fingerprint density at radius 2 is 1.68 bits per heavy atom. The molecule has 0 radical (unpaired) electrons. The van der Waals surface area contributed by atoms with Crippen LogP contribution in [0.5, 0.6) is 5.75 Å². The molecular formula is C21H23N3O3S. The van der Waals surface area contributed by atoms with Gasteiger partial charge in [0, 0.05) is 20.6 Å². The number of anilines is 1. The molecule has 0 aliphatic carbocycles. The van der Waals surface area contributed by atoms with Gasteiger partial charge in [-0.25, -0.2) is 0 Å². The highest BCUT2D eigenvalue weighted by molar-refractivity contribution is 7.80. The number of hydrogen-bond acceptors (Lipinski definition) is 5. The lowest BCUT2D eigenvalue weighted by molar-refractivity contribution is -0.132. The number of hydrogen-bond donors (Lipinski definition) is 0. The minimum absolute atomic E-state index is 0.0757. The Balaban J connectivity index is 1.80. The molecule has 2 aliphatic heterocycles. The van der Waals surface area contributed by atoms with Crippen LogP contribution in [0.1, 0.15) is 19.8 Å². The number of fused-ring (bicyclic) bond motifs is 1. The summed E-state index contributed by atoms with van der Waals surface area (Å²) in [5.41, 5.74) is 1.12. The van der Waals surface area contributed by atoms with E-state index in [2.05, 4.69) is 11.8 Å². The average Bonchev–Trinajstić information content (AvgIpc) is 3.06. The Labute approximate surface area is 170 Å². The zero-order valence-electron chi connectivity index (χ0n) is 16.2. The summed E-state index contributed by atoms with van der Waals surface area (Å²) in [5, 5.41) is 0.196.